The largest absolute Gasteiger partial charge is 0.416 e. The van der Waals surface area contributed by atoms with Gasteiger partial charge < -0.3 is 4.90 Å². The molecule has 1 aliphatic heterocycles. The molecular formula is C22H18F3NO. The van der Waals surface area contributed by atoms with E-state index in [0.29, 0.717) is 12.2 Å². The molecule has 0 fully saturated rings. The first kappa shape index (κ1) is 17.6. The number of rotatable bonds is 2. The summed E-state index contributed by atoms with van der Waals surface area (Å²) in [5.74, 6) is -0.776. The Kier molecular flexibility index (Phi) is 4.17. The average Bonchev–Trinajstić information content (AvgIpc) is 2.66. The Bertz CT molecular complexity index is 1030. The lowest BCUT2D eigenvalue weighted by atomic mass is 9.79. The van der Waals surface area contributed by atoms with Crippen LogP contribution in [0.2, 0.25) is 0 Å². The number of amides is 1. The summed E-state index contributed by atoms with van der Waals surface area (Å²) < 4.78 is 40.9. The zero-order valence-electron chi connectivity index (χ0n) is 14.8. The van der Waals surface area contributed by atoms with Gasteiger partial charge in [-0.15, -0.1) is 0 Å². The lowest BCUT2D eigenvalue weighted by molar-refractivity contribution is -0.138. The zero-order valence-corrected chi connectivity index (χ0v) is 14.8. The molecule has 4 rings (SSSR count). The third-order valence-electron chi connectivity index (χ3n) is 5.22. The molecule has 0 N–H and O–H groups in total. The third-order valence-corrected chi connectivity index (χ3v) is 5.22. The minimum atomic E-state index is -4.47. The Morgan fingerprint density at radius 2 is 1.70 bits per heavy atom. The zero-order chi connectivity index (χ0) is 19.2. The van der Waals surface area contributed by atoms with E-state index in [1.54, 1.807) is 11.0 Å². The fraction of sp³-hybridized carbons (Fsp3) is 0.227. The highest BCUT2D eigenvalue weighted by Crippen LogP contribution is 2.46. The van der Waals surface area contributed by atoms with E-state index in [4.69, 9.17) is 0 Å². The Morgan fingerprint density at radius 3 is 2.44 bits per heavy atom. The van der Waals surface area contributed by atoms with Crippen LogP contribution in [0.4, 0.5) is 18.9 Å². The fourth-order valence-electron chi connectivity index (χ4n) is 4.08. The number of nitrogens with zero attached hydrogens (tertiary/aromatic N) is 1. The molecule has 0 aromatic heterocycles. The number of alkyl halides is 3. The van der Waals surface area contributed by atoms with E-state index in [1.807, 2.05) is 43.3 Å². The van der Waals surface area contributed by atoms with Crippen LogP contribution < -0.4 is 4.90 Å². The predicted molar refractivity (Wildman–Crippen MR) is 99.9 cm³/mol. The van der Waals surface area contributed by atoms with Crippen molar-refractivity contribution in [3.63, 3.8) is 0 Å². The maximum Gasteiger partial charge on any atom is 0.416 e. The first-order chi connectivity index (χ1) is 12.9. The second kappa shape index (κ2) is 6.41. The van der Waals surface area contributed by atoms with Gasteiger partial charge in [0, 0.05) is 24.6 Å². The SMILES string of the molecule is CCN1C(=O)CC(c2ccccc2C(F)(F)F)c2c1ccc1ccccc21. The molecule has 0 saturated heterocycles. The van der Waals surface area contributed by atoms with Crippen molar-refractivity contribution in [2.45, 2.75) is 25.4 Å². The van der Waals surface area contributed by atoms with Gasteiger partial charge in [0.25, 0.3) is 0 Å². The number of anilines is 1. The fourth-order valence-corrected chi connectivity index (χ4v) is 4.08. The molecule has 3 aromatic rings. The average molecular weight is 369 g/mol. The topological polar surface area (TPSA) is 20.3 Å². The standard InChI is InChI=1S/C22H18F3NO/c1-2-26-19-12-11-14-7-3-4-8-15(14)21(19)17(13-20(26)27)16-9-5-6-10-18(16)22(23,24)25/h3-12,17H,2,13H2,1H3. The van der Waals surface area contributed by atoms with Gasteiger partial charge in [0.15, 0.2) is 0 Å². The molecule has 1 aliphatic rings. The highest BCUT2D eigenvalue weighted by Gasteiger charge is 2.39. The van der Waals surface area contributed by atoms with Crippen LogP contribution in [0.15, 0.2) is 60.7 Å². The molecule has 0 spiro atoms. The highest BCUT2D eigenvalue weighted by atomic mass is 19.4. The maximum absolute atomic E-state index is 13.6. The Morgan fingerprint density at radius 1 is 1.00 bits per heavy atom. The Hall–Kier alpha value is -2.82. The molecular weight excluding hydrogens is 351 g/mol. The molecule has 1 atom stereocenters. The summed E-state index contributed by atoms with van der Waals surface area (Å²) in [6, 6.07) is 17.0. The summed E-state index contributed by atoms with van der Waals surface area (Å²) in [7, 11) is 0. The lowest BCUT2D eigenvalue weighted by Crippen LogP contribution is -2.37. The van der Waals surface area contributed by atoms with Gasteiger partial charge in [-0.05, 0) is 41.0 Å². The van der Waals surface area contributed by atoms with Crippen molar-refractivity contribution in [2.24, 2.45) is 0 Å². The minimum absolute atomic E-state index is 0.0297. The van der Waals surface area contributed by atoms with E-state index in [9.17, 15) is 18.0 Å². The number of fused-ring (bicyclic) bond motifs is 3. The summed E-state index contributed by atoms with van der Waals surface area (Å²) in [5, 5.41) is 1.85. The van der Waals surface area contributed by atoms with Gasteiger partial charge in [0.2, 0.25) is 5.91 Å². The lowest BCUT2D eigenvalue weighted by Gasteiger charge is -2.35. The minimum Gasteiger partial charge on any atom is -0.312 e. The molecule has 1 heterocycles. The van der Waals surface area contributed by atoms with E-state index >= 15 is 0 Å². The number of hydrogen-bond acceptors (Lipinski definition) is 1. The first-order valence-electron chi connectivity index (χ1n) is 8.90. The van der Waals surface area contributed by atoms with Gasteiger partial charge in [0.05, 0.1) is 5.56 Å². The van der Waals surface area contributed by atoms with Crippen LogP contribution in [-0.4, -0.2) is 12.5 Å². The molecule has 0 radical (unpaired) electrons. The molecule has 138 valence electrons. The van der Waals surface area contributed by atoms with Gasteiger partial charge in [-0.2, -0.15) is 13.2 Å². The quantitative estimate of drug-likeness (QED) is 0.563. The van der Waals surface area contributed by atoms with E-state index in [0.717, 1.165) is 22.4 Å². The second-order valence-corrected chi connectivity index (χ2v) is 6.70. The van der Waals surface area contributed by atoms with Gasteiger partial charge in [-0.3, -0.25) is 4.79 Å². The highest BCUT2D eigenvalue weighted by molar-refractivity contribution is 6.03. The van der Waals surface area contributed by atoms with Crippen molar-refractivity contribution >= 4 is 22.4 Å². The third kappa shape index (κ3) is 2.87. The van der Waals surface area contributed by atoms with Crippen molar-refractivity contribution in [1.82, 2.24) is 0 Å². The normalized spacial score (nSPS) is 17.3. The molecule has 0 aliphatic carbocycles. The summed E-state index contributed by atoms with van der Waals surface area (Å²) >= 11 is 0. The summed E-state index contributed by atoms with van der Waals surface area (Å²) in [6.07, 6.45) is -4.44. The van der Waals surface area contributed by atoms with Gasteiger partial charge in [-0.25, -0.2) is 0 Å². The molecule has 3 aromatic carbocycles. The van der Waals surface area contributed by atoms with Crippen molar-refractivity contribution in [3.8, 4) is 0 Å². The molecule has 5 heteroatoms. The Labute approximate surface area is 155 Å². The summed E-state index contributed by atoms with van der Waals surface area (Å²) in [5.41, 5.74) is 0.985. The number of halogens is 3. The molecule has 0 bridgehead atoms. The first-order valence-corrected chi connectivity index (χ1v) is 8.90. The molecule has 2 nitrogen and oxygen atoms in total. The number of carbonyl (C=O) groups excluding carboxylic acids is 1. The molecule has 1 amide bonds. The van der Waals surface area contributed by atoms with Gasteiger partial charge in [-0.1, -0.05) is 48.5 Å². The van der Waals surface area contributed by atoms with Crippen LogP contribution in [0.1, 0.15) is 36.0 Å². The van der Waals surface area contributed by atoms with Crippen LogP contribution >= 0.6 is 0 Å². The van der Waals surface area contributed by atoms with Gasteiger partial charge >= 0.3 is 6.18 Å². The van der Waals surface area contributed by atoms with E-state index in [-0.39, 0.29) is 17.9 Å². The van der Waals surface area contributed by atoms with Gasteiger partial charge in [0.1, 0.15) is 0 Å². The summed E-state index contributed by atoms with van der Waals surface area (Å²) in [6.45, 7) is 2.36. The van der Waals surface area contributed by atoms with E-state index in [1.165, 1.54) is 12.1 Å². The monoisotopic (exact) mass is 369 g/mol. The number of carbonyl (C=O) groups is 1. The predicted octanol–water partition coefficient (Wildman–Crippen LogP) is 5.75. The Balaban J connectivity index is 2.03. The van der Waals surface area contributed by atoms with Crippen molar-refractivity contribution in [1.29, 1.82) is 0 Å². The number of benzene rings is 3. The van der Waals surface area contributed by atoms with Crippen LogP contribution in [0.5, 0.6) is 0 Å². The number of hydrogen-bond donors (Lipinski definition) is 0. The molecule has 1 unspecified atom stereocenters. The van der Waals surface area contributed by atoms with E-state index < -0.39 is 17.7 Å². The van der Waals surface area contributed by atoms with Crippen LogP contribution in [0.25, 0.3) is 10.8 Å². The van der Waals surface area contributed by atoms with Crippen molar-refractivity contribution < 1.29 is 18.0 Å². The van der Waals surface area contributed by atoms with Crippen LogP contribution in [0.3, 0.4) is 0 Å². The van der Waals surface area contributed by atoms with E-state index in [2.05, 4.69) is 0 Å². The van der Waals surface area contributed by atoms with Crippen molar-refractivity contribution in [3.05, 3.63) is 77.4 Å². The van der Waals surface area contributed by atoms with Crippen LogP contribution in [0, 0.1) is 0 Å². The smallest absolute Gasteiger partial charge is 0.312 e. The van der Waals surface area contributed by atoms with Crippen LogP contribution in [-0.2, 0) is 11.0 Å². The molecule has 0 saturated carbocycles. The maximum atomic E-state index is 13.6. The van der Waals surface area contributed by atoms with Crippen molar-refractivity contribution in [2.75, 3.05) is 11.4 Å². The second-order valence-electron chi connectivity index (χ2n) is 6.70. The molecule has 27 heavy (non-hydrogen) atoms. The summed E-state index contributed by atoms with van der Waals surface area (Å²) in [4.78, 5) is 14.4.